The van der Waals surface area contributed by atoms with Crippen molar-refractivity contribution in [2.45, 2.75) is 57.4 Å². The number of fused-ring (bicyclic) bond motifs is 3. The maximum atomic E-state index is 10.6. The Bertz CT molecular complexity index is 1290. The number of carboxylic acid groups (broad SMARTS) is 1. The number of hydrogen-bond donors (Lipinski definition) is 2. The van der Waals surface area contributed by atoms with E-state index in [9.17, 15) is 13.2 Å². The highest BCUT2D eigenvalue weighted by Crippen LogP contribution is 2.33. The molecular weight excluding hydrogens is 489 g/mol. The van der Waals surface area contributed by atoms with Gasteiger partial charge in [0.15, 0.2) is 5.82 Å². The van der Waals surface area contributed by atoms with Gasteiger partial charge in [-0.15, -0.1) is 0 Å². The molecule has 6 heterocycles. The summed E-state index contributed by atoms with van der Waals surface area (Å²) >= 11 is 0. The summed E-state index contributed by atoms with van der Waals surface area (Å²) in [6.07, 6.45) is 1.13. The number of hydrogen-bond acceptors (Lipinski definition) is 7. The van der Waals surface area contributed by atoms with E-state index in [1.165, 1.54) is 30.4 Å². The first kappa shape index (κ1) is 25.4. The Morgan fingerprint density at radius 3 is 2.32 bits per heavy atom. The Morgan fingerprint density at radius 1 is 1.08 bits per heavy atom. The fraction of sp³-hybridized carbons (Fsp3) is 0.520. The predicted octanol–water partition coefficient (Wildman–Crippen LogP) is 3.51. The fourth-order valence-electron chi connectivity index (χ4n) is 5.31. The molecular formula is C25H29F3N6O3. The molecule has 3 aromatic rings. The average molecular weight is 519 g/mol. The van der Waals surface area contributed by atoms with Gasteiger partial charge in [0.05, 0.1) is 23.9 Å². The second kappa shape index (κ2) is 9.90. The lowest BCUT2D eigenvalue weighted by atomic mass is 9.87. The molecule has 4 aliphatic rings. The Balaban J connectivity index is 0.000000355. The third-order valence-corrected chi connectivity index (χ3v) is 7.09. The van der Waals surface area contributed by atoms with Crippen molar-refractivity contribution in [1.29, 1.82) is 0 Å². The number of carboxylic acids is 1. The number of piperidine rings is 2. The monoisotopic (exact) mass is 518 g/mol. The molecule has 9 nitrogen and oxygen atoms in total. The number of anilines is 1. The minimum Gasteiger partial charge on any atom is -0.475 e. The minimum absolute atomic E-state index is 0.350. The number of morpholine rings is 1. The smallest absolute Gasteiger partial charge is 0.475 e. The number of halogens is 3. The van der Waals surface area contributed by atoms with Crippen molar-refractivity contribution < 1.29 is 27.8 Å². The number of aromatic nitrogens is 4. The normalized spacial score (nSPS) is 21.8. The molecule has 2 N–H and O–H groups in total. The molecule has 0 saturated carbocycles. The zero-order valence-electron chi connectivity index (χ0n) is 20.6. The highest BCUT2D eigenvalue weighted by Gasteiger charge is 2.39. The minimum atomic E-state index is -5.08. The fourth-order valence-corrected chi connectivity index (χ4v) is 5.31. The topological polar surface area (TPSA) is 105 Å². The van der Waals surface area contributed by atoms with Crippen molar-refractivity contribution in [2.24, 2.45) is 0 Å². The van der Waals surface area contributed by atoms with Gasteiger partial charge in [-0.3, -0.25) is 0 Å². The summed E-state index contributed by atoms with van der Waals surface area (Å²) in [4.78, 5) is 20.7. The van der Waals surface area contributed by atoms with Crippen LogP contribution in [0.5, 0.6) is 0 Å². The molecule has 2 atom stereocenters. The van der Waals surface area contributed by atoms with Crippen LogP contribution < -0.4 is 10.2 Å². The van der Waals surface area contributed by atoms with E-state index in [1.807, 2.05) is 17.8 Å². The third kappa shape index (κ3) is 5.40. The number of alkyl halides is 3. The second-order valence-corrected chi connectivity index (χ2v) is 9.80. The van der Waals surface area contributed by atoms with E-state index in [2.05, 4.69) is 35.3 Å². The average Bonchev–Trinajstić information content (AvgIpc) is 3.26. The Hall–Kier alpha value is -3.25. The molecule has 0 amide bonds. The van der Waals surface area contributed by atoms with Crippen LogP contribution in [-0.2, 0) is 9.53 Å². The molecule has 198 valence electrons. The summed E-state index contributed by atoms with van der Waals surface area (Å²) in [5, 5.41) is 16.5. The number of aryl methyl sites for hydroxylation is 2. The van der Waals surface area contributed by atoms with Gasteiger partial charge in [0, 0.05) is 31.0 Å². The van der Waals surface area contributed by atoms with Gasteiger partial charge in [-0.05, 0) is 69.0 Å². The van der Waals surface area contributed by atoms with E-state index in [0.29, 0.717) is 18.1 Å². The number of aliphatic carboxylic acids is 1. The van der Waals surface area contributed by atoms with Crippen LogP contribution in [0.4, 0.5) is 19.0 Å². The first-order valence-corrected chi connectivity index (χ1v) is 12.3. The van der Waals surface area contributed by atoms with Gasteiger partial charge in [0.25, 0.3) is 0 Å². The molecule has 37 heavy (non-hydrogen) atoms. The maximum absolute atomic E-state index is 10.6. The lowest BCUT2D eigenvalue weighted by Gasteiger charge is -2.47. The van der Waals surface area contributed by atoms with E-state index in [0.717, 1.165) is 54.5 Å². The van der Waals surface area contributed by atoms with Crippen molar-refractivity contribution >= 4 is 22.7 Å². The van der Waals surface area contributed by atoms with Crippen molar-refractivity contribution in [3.05, 3.63) is 41.3 Å². The molecule has 0 aliphatic carbocycles. The number of benzene rings is 1. The van der Waals surface area contributed by atoms with E-state index >= 15 is 0 Å². The standard InChI is InChI=1S/C23H28N6O.C2HF3O2/c1-14-7-17-11-25-29(21(17)9-20(14)16-3-5-24-6-4-16)23-10-22(26-15(2)27-23)28-12-18-8-19(13-28)30-18;3-2(4,5)1(6)7/h7,9-11,16,18-19,24H,3-6,8,12-13H2,1-2H3;(H,6,7). The highest BCUT2D eigenvalue weighted by atomic mass is 19.4. The number of rotatable bonds is 3. The van der Waals surface area contributed by atoms with Gasteiger partial charge in [-0.2, -0.15) is 18.3 Å². The Morgan fingerprint density at radius 2 is 1.70 bits per heavy atom. The van der Waals surface area contributed by atoms with Gasteiger partial charge in [-0.25, -0.2) is 19.4 Å². The molecule has 0 radical (unpaired) electrons. The van der Waals surface area contributed by atoms with Crippen LogP contribution in [0.1, 0.15) is 42.1 Å². The molecule has 4 aliphatic heterocycles. The van der Waals surface area contributed by atoms with E-state index < -0.39 is 12.1 Å². The molecule has 0 spiro atoms. The number of ether oxygens (including phenoxy) is 1. The number of carbonyl (C=O) groups is 1. The lowest BCUT2D eigenvalue weighted by molar-refractivity contribution is -0.192. The van der Waals surface area contributed by atoms with E-state index in [4.69, 9.17) is 29.7 Å². The Kier molecular flexibility index (Phi) is 6.80. The van der Waals surface area contributed by atoms with Crippen LogP contribution in [0.15, 0.2) is 24.4 Å². The van der Waals surface area contributed by atoms with Gasteiger partial charge in [-0.1, -0.05) is 0 Å². The molecule has 7 rings (SSSR count). The molecule has 4 fully saturated rings. The van der Waals surface area contributed by atoms with E-state index in [1.54, 1.807) is 0 Å². The largest absolute Gasteiger partial charge is 0.490 e. The summed E-state index contributed by atoms with van der Waals surface area (Å²) in [6, 6.07) is 6.70. The molecule has 2 bridgehead atoms. The van der Waals surface area contributed by atoms with Crippen LogP contribution in [0.2, 0.25) is 0 Å². The van der Waals surface area contributed by atoms with Crippen molar-refractivity contribution in [3.8, 4) is 5.82 Å². The first-order chi connectivity index (χ1) is 17.6. The van der Waals surface area contributed by atoms with Crippen LogP contribution in [-0.4, -0.2) is 75.4 Å². The molecule has 4 saturated heterocycles. The molecule has 2 unspecified atom stereocenters. The summed E-state index contributed by atoms with van der Waals surface area (Å²) in [5.41, 5.74) is 3.94. The predicted molar refractivity (Wildman–Crippen MR) is 130 cm³/mol. The van der Waals surface area contributed by atoms with Crippen LogP contribution in [0.3, 0.4) is 0 Å². The zero-order chi connectivity index (χ0) is 26.3. The van der Waals surface area contributed by atoms with Crippen LogP contribution in [0, 0.1) is 13.8 Å². The van der Waals surface area contributed by atoms with Gasteiger partial charge < -0.3 is 20.1 Å². The quantitative estimate of drug-likeness (QED) is 0.543. The molecule has 12 heteroatoms. The van der Waals surface area contributed by atoms with Crippen LogP contribution >= 0.6 is 0 Å². The zero-order valence-corrected chi connectivity index (χ0v) is 20.6. The van der Waals surface area contributed by atoms with Crippen molar-refractivity contribution in [2.75, 3.05) is 31.1 Å². The summed E-state index contributed by atoms with van der Waals surface area (Å²) in [7, 11) is 0. The van der Waals surface area contributed by atoms with Crippen molar-refractivity contribution in [1.82, 2.24) is 25.1 Å². The SMILES string of the molecule is Cc1nc(N2CC3CC(C2)O3)cc(-n2ncc3cc(C)c(C4CCNCC4)cc32)n1.O=C(O)C(F)(F)F. The van der Waals surface area contributed by atoms with Crippen molar-refractivity contribution in [3.63, 3.8) is 0 Å². The summed E-state index contributed by atoms with van der Waals surface area (Å²) < 4.78 is 39.5. The van der Waals surface area contributed by atoms with Gasteiger partial charge >= 0.3 is 12.1 Å². The third-order valence-electron chi connectivity index (χ3n) is 7.09. The van der Waals surface area contributed by atoms with Gasteiger partial charge in [0.2, 0.25) is 0 Å². The second-order valence-electron chi connectivity index (χ2n) is 9.80. The lowest BCUT2D eigenvalue weighted by Crippen LogP contribution is -2.57. The van der Waals surface area contributed by atoms with Crippen LogP contribution in [0.25, 0.3) is 16.7 Å². The summed E-state index contributed by atoms with van der Waals surface area (Å²) in [5.74, 6) is 0.448. The summed E-state index contributed by atoms with van der Waals surface area (Å²) in [6.45, 7) is 8.20. The molecule has 1 aromatic carbocycles. The van der Waals surface area contributed by atoms with E-state index in [-0.39, 0.29) is 0 Å². The van der Waals surface area contributed by atoms with Gasteiger partial charge in [0.1, 0.15) is 11.6 Å². The first-order valence-electron chi connectivity index (χ1n) is 12.3. The Labute approximate surface area is 211 Å². The number of nitrogens with one attached hydrogen (secondary N) is 1. The highest BCUT2D eigenvalue weighted by molar-refractivity contribution is 5.82. The maximum Gasteiger partial charge on any atom is 0.490 e. The number of nitrogens with zero attached hydrogens (tertiary/aromatic N) is 5. The molecule has 2 aromatic heterocycles.